The van der Waals surface area contributed by atoms with Gasteiger partial charge in [0, 0.05) is 19.5 Å². The Morgan fingerprint density at radius 3 is 2.44 bits per heavy atom. The maximum Gasteiger partial charge on any atom is 0.335 e. The zero-order valence-electron chi connectivity index (χ0n) is 15.5. The molecule has 5 nitrogen and oxygen atoms in total. The van der Waals surface area contributed by atoms with Gasteiger partial charge >= 0.3 is 5.97 Å². The van der Waals surface area contributed by atoms with E-state index in [1.165, 1.54) is 5.70 Å². The summed E-state index contributed by atoms with van der Waals surface area (Å²) in [5.41, 5.74) is 1.51. The highest BCUT2D eigenvalue weighted by Gasteiger charge is 2.04. The van der Waals surface area contributed by atoms with Crippen LogP contribution in [0.15, 0.2) is 79.2 Å². The van der Waals surface area contributed by atoms with Gasteiger partial charge in [0.05, 0.1) is 11.3 Å². The number of aromatic carboxylic acids is 1. The van der Waals surface area contributed by atoms with Gasteiger partial charge in [0.1, 0.15) is 0 Å². The monoisotopic (exact) mass is 364 g/mol. The number of carboxylic acid groups (broad SMARTS) is 1. The van der Waals surface area contributed by atoms with Crippen molar-refractivity contribution in [2.45, 2.75) is 13.3 Å². The Kier molecular flexibility index (Phi) is 7.52. The quantitative estimate of drug-likeness (QED) is 0.704. The molecule has 27 heavy (non-hydrogen) atoms. The zero-order valence-corrected chi connectivity index (χ0v) is 15.5. The van der Waals surface area contributed by atoms with Crippen LogP contribution in [0.1, 0.15) is 23.7 Å². The van der Waals surface area contributed by atoms with Crippen molar-refractivity contribution in [2.75, 3.05) is 7.11 Å². The maximum absolute atomic E-state index is 10.6. The number of aliphatic hydroxyl groups excluding tert-OH is 1. The SMILES string of the molecule is CC1C=CC(n2cccn2)=CC1.CO.O=C(O)c1ccc2ccccc2c1. The van der Waals surface area contributed by atoms with E-state index in [9.17, 15) is 4.79 Å². The summed E-state index contributed by atoms with van der Waals surface area (Å²) in [5.74, 6) is -0.213. The Morgan fingerprint density at radius 1 is 1.11 bits per heavy atom. The average Bonchev–Trinajstić information content (AvgIpc) is 3.25. The molecule has 2 N–H and O–H groups in total. The first-order chi connectivity index (χ1) is 13.1. The summed E-state index contributed by atoms with van der Waals surface area (Å²) in [6, 6.07) is 14.7. The molecule has 4 rings (SSSR count). The number of hydrogen-bond donors (Lipinski definition) is 2. The van der Waals surface area contributed by atoms with Gasteiger partial charge in [0.25, 0.3) is 0 Å². The van der Waals surface area contributed by atoms with Crippen LogP contribution in [-0.4, -0.2) is 33.1 Å². The third kappa shape index (κ3) is 5.66. The van der Waals surface area contributed by atoms with Gasteiger partial charge in [-0.05, 0) is 47.4 Å². The van der Waals surface area contributed by atoms with Crippen molar-refractivity contribution >= 4 is 22.4 Å². The summed E-state index contributed by atoms with van der Waals surface area (Å²) in [6.45, 7) is 2.22. The molecule has 140 valence electrons. The molecule has 1 unspecified atom stereocenters. The molecule has 2 aromatic carbocycles. The minimum Gasteiger partial charge on any atom is -0.478 e. The molecule has 1 atom stereocenters. The van der Waals surface area contributed by atoms with E-state index < -0.39 is 5.97 Å². The second kappa shape index (κ2) is 10.1. The molecule has 1 heterocycles. The number of allylic oxidation sites excluding steroid dienone is 4. The number of hydrogen-bond acceptors (Lipinski definition) is 3. The van der Waals surface area contributed by atoms with E-state index in [2.05, 4.69) is 30.3 Å². The lowest BCUT2D eigenvalue weighted by Crippen LogP contribution is -2.00. The summed E-state index contributed by atoms with van der Waals surface area (Å²) in [5, 5.41) is 21.9. The van der Waals surface area contributed by atoms with Crippen molar-refractivity contribution in [1.82, 2.24) is 9.78 Å². The molecule has 0 bridgehead atoms. The number of benzene rings is 2. The molecule has 0 saturated heterocycles. The fourth-order valence-corrected chi connectivity index (χ4v) is 2.63. The van der Waals surface area contributed by atoms with Crippen molar-refractivity contribution in [3.63, 3.8) is 0 Å². The van der Waals surface area contributed by atoms with E-state index in [0.29, 0.717) is 11.5 Å². The number of rotatable bonds is 2. The lowest BCUT2D eigenvalue weighted by atomic mass is 10.0. The molecule has 5 heteroatoms. The first-order valence-corrected chi connectivity index (χ1v) is 8.68. The number of aliphatic hydroxyl groups is 1. The van der Waals surface area contributed by atoms with E-state index in [4.69, 9.17) is 10.2 Å². The minimum atomic E-state index is -0.884. The summed E-state index contributed by atoms with van der Waals surface area (Å²) in [7, 11) is 1.00. The van der Waals surface area contributed by atoms with Gasteiger partial charge in [-0.3, -0.25) is 0 Å². The molecular formula is C22H24N2O3. The van der Waals surface area contributed by atoms with Crippen LogP contribution in [0, 0.1) is 5.92 Å². The highest BCUT2D eigenvalue weighted by molar-refractivity contribution is 5.94. The van der Waals surface area contributed by atoms with Gasteiger partial charge < -0.3 is 10.2 Å². The predicted octanol–water partition coefficient (Wildman–Crippen LogP) is 4.47. The van der Waals surface area contributed by atoms with Gasteiger partial charge in [-0.15, -0.1) is 0 Å². The summed E-state index contributed by atoms with van der Waals surface area (Å²) < 4.78 is 1.89. The summed E-state index contributed by atoms with van der Waals surface area (Å²) in [4.78, 5) is 10.6. The Morgan fingerprint density at radius 2 is 1.85 bits per heavy atom. The largest absolute Gasteiger partial charge is 0.478 e. The number of carboxylic acids is 1. The van der Waals surface area contributed by atoms with E-state index in [0.717, 1.165) is 24.3 Å². The van der Waals surface area contributed by atoms with Crippen LogP contribution in [0.3, 0.4) is 0 Å². The van der Waals surface area contributed by atoms with E-state index in [1.807, 2.05) is 47.3 Å². The van der Waals surface area contributed by atoms with Gasteiger partial charge in [0.2, 0.25) is 0 Å². The smallest absolute Gasteiger partial charge is 0.335 e. The standard InChI is InChI=1S/C11H8O2.C10H12N2.CH4O/c12-11(13)10-6-5-8-3-1-2-4-9(8)7-10;1-9-3-5-10(6-4-9)12-8-2-7-11-12;1-2/h1-7H,(H,12,13);2-3,5-9H,4H2,1H3;2H,1H3. The van der Waals surface area contributed by atoms with Gasteiger partial charge in [-0.1, -0.05) is 49.4 Å². The van der Waals surface area contributed by atoms with Crippen LogP contribution < -0.4 is 0 Å². The van der Waals surface area contributed by atoms with Crippen molar-refractivity contribution in [2.24, 2.45) is 5.92 Å². The third-order valence-electron chi connectivity index (χ3n) is 4.06. The second-order valence-corrected chi connectivity index (χ2v) is 6.02. The van der Waals surface area contributed by atoms with Crippen LogP contribution in [0.4, 0.5) is 0 Å². The Balaban J connectivity index is 0.000000178. The Bertz CT molecular complexity index is 928. The van der Waals surface area contributed by atoms with Crippen molar-refractivity contribution in [3.8, 4) is 0 Å². The molecule has 0 spiro atoms. The minimum absolute atomic E-state index is 0.332. The number of nitrogens with zero attached hydrogens (tertiary/aromatic N) is 2. The molecule has 0 fully saturated rings. The van der Waals surface area contributed by atoms with E-state index in [1.54, 1.807) is 18.3 Å². The molecule has 0 aliphatic heterocycles. The van der Waals surface area contributed by atoms with Gasteiger partial charge in [-0.2, -0.15) is 5.10 Å². The average molecular weight is 364 g/mol. The normalized spacial score (nSPS) is 15.1. The molecule has 3 aromatic rings. The van der Waals surface area contributed by atoms with Gasteiger partial charge in [-0.25, -0.2) is 9.48 Å². The predicted molar refractivity (Wildman–Crippen MR) is 108 cm³/mol. The lowest BCUT2D eigenvalue weighted by molar-refractivity contribution is 0.0697. The molecule has 1 aliphatic rings. The number of fused-ring (bicyclic) bond motifs is 1. The third-order valence-corrected chi connectivity index (χ3v) is 4.06. The van der Waals surface area contributed by atoms with Crippen molar-refractivity contribution in [1.29, 1.82) is 0 Å². The van der Waals surface area contributed by atoms with E-state index >= 15 is 0 Å². The van der Waals surface area contributed by atoms with Gasteiger partial charge in [0.15, 0.2) is 0 Å². The van der Waals surface area contributed by atoms with Crippen LogP contribution in [0.5, 0.6) is 0 Å². The van der Waals surface area contributed by atoms with Crippen LogP contribution in [-0.2, 0) is 0 Å². The first-order valence-electron chi connectivity index (χ1n) is 8.68. The fourth-order valence-electron chi connectivity index (χ4n) is 2.63. The zero-order chi connectivity index (χ0) is 19.6. The molecule has 1 aliphatic carbocycles. The van der Waals surface area contributed by atoms with Crippen LogP contribution in [0.25, 0.3) is 16.5 Å². The maximum atomic E-state index is 10.6. The molecule has 0 saturated carbocycles. The fraction of sp³-hybridized carbons (Fsp3) is 0.182. The highest BCUT2D eigenvalue weighted by Crippen LogP contribution is 2.18. The number of carbonyl (C=O) groups is 1. The lowest BCUT2D eigenvalue weighted by Gasteiger charge is -2.11. The second-order valence-electron chi connectivity index (χ2n) is 6.02. The first kappa shape index (κ1) is 20.1. The molecular weight excluding hydrogens is 340 g/mol. The summed E-state index contributed by atoms with van der Waals surface area (Å²) in [6.07, 6.45) is 11.4. The molecule has 0 amide bonds. The highest BCUT2D eigenvalue weighted by atomic mass is 16.4. The molecule has 1 aromatic heterocycles. The van der Waals surface area contributed by atoms with Crippen molar-refractivity contribution in [3.05, 3.63) is 84.7 Å². The van der Waals surface area contributed by atoms with Crippen molar-refractivity contribution < 1.29 is 15.0 Å². The summed E-state index contributed by atoms with van der Waals surface area (Å²) >= 11 is 0. The Labute approximate surface area is 158 Å². The van der Waals surface area contributed by atoms with Crippen LogP contribution >= 0.6 is 0 Å². The van der Waals surface area contributed by atoms with Crippen LogP contribution in [0.2, 0.25) is 0 Å². The number of aromatic nitrogens is 2. The topological polar surface area (TPSA) is 75.3 Å². The Hall–Kier alpha value is -3.18. The molecule has 0 radical (unpaired) electrons. The van der Waals surface area contributed by atoms with E-state index in [-0.39, 0.29) is 0 Å².